The highest BCUT2D eigenvalue weighted by Crippen LogP contribution is 2.42. The molecule has 1 atom stereocenters. The SMILES string of the molecule is CCc1c(-c2cccc(O)c2)c(C(N)=O)c(C)n1C1CCc2ccccc21. The van der Waals surface area contributed by atoms with Gasteiger partial charge in [0.1, 0.15) is 5.75 Å². The molecule has 3 N–H and O–H groups in total. The zero-order valence-corrected chi connectivity index (χ0v) is 15.7. The summed E-state index contributed by atoms with van der Waals surface area (Å²) < 4.78 is 2.30. The lowest BCUT2D eigenvalue weighted by molar-refractivity contribution is 0.1000. The minimum Gasteiger partial charge on any atom is -0.508 e. The summed E-state index contributed by atoms with van der Waals surface area (Å²) in [5, 5.41) is 9.96. The number of carbonyl (C=O) groups excluding carboxylic acids is 1. The van der Waals surface area contributed by atoms with E-state index in [1.165, 1.54) is 11.1 Å². The Morgan fingerprint density at radius 2 is 2.00 bits per heavy atom. The molecule has 4 rings (SSSR count). The van der Waals surface area contributed by atoms with E-state index in [1.807, 2.05) is 13.0 Å². The van der Waals surface area contributed by atoms with Crippen molar-refractivity contribution in [2.24, 2.45) is 5.73 Å². The summed E-state index contributed by atoms with van der Waals surface area (Å²) in [7, 11) is 0. The highest BCUT2D eigenvalue weighted by Gasteiger charge is 2.31. The van der Waals surface area contributed by atoms with Gasteiger partial charge in [-0.05, 0) is 55.0 Å². The second-order valence-electron chi connectivity index (χ2n) is 7.17. The fourth-order valence-electron chi connectivity index (χ4n) is 4.61. The van der Waals surface area contributed by atoms with Gasteiger partial charge in [0.05, 0.1) is 11.6 Å². The molecular formula is C23H24N2O2. The van der Waals surface area contributed by atoms with E-state index < -0.39 is 5.91 Å². The van der Waals surface area contributed by atoms with Gasteiger partial charge in [0.2, 0.25) is 0 Å². The molecular weight excluding hydrogens is 336 g/mol. The monoisotopic (exact) mass is 360 g/mol. The number of aryl methyl sites for hydroxylation is 1. The second kappa shape index (κ2) is 6.62. The Balaban J connectivity index is 1.99. The first-order valence-corrected chi connectivity index (χ1v) is 9.43. The van der Waals surface area contributed by atoms with E-state index >= 15 is 0 Å². The number of benzene rings is 2. The van der Waals surface area contributed by atoms with Crippen molar-refractivity contribution in [1.29, 1.82) is 0 Å². The lowest BCUT2D eigenvalue weighted by atomic mass is 9.98. The van der Waals surface area contributed by atoms with E-state index in [-0.39, 0.29) is 11.8 Å². The van der Waals surface area contributed by atoms with Crippen molar-refractivity contribution < 1.29 is 9.90 Å². The third kappa shape index (κ3) is 2.72. The number of carbonyl (C=O) groups is 1. The van der Waals surface area contributed by atoms with E-state index in [2.05, 4.69) is 35.8 Å². The van der Waals surface area contributed by atoms with Crippen LogP contribution in [-0.2, 0) is 12.8 Å². The molecule has 2 aromatic carbocycles. The smallest absolute Gasteiger partial charge is 0.251 e. The number of aromatic nitrogens is 1. The maximum Gasteiger partial charge on any atom is 0.251 e. The number of hydrogen-bond donors (Lipinski definition) is 2. The van der Waals surface area contributed by atoms with E-state index in [9.17, 15) is 9.90 Å². The number of nitrogens with two attached hydrogens (primary N) is 1. The number of amides is 1. The Hall–Kier alpha value is -3.01. The molecule has 1 heterocycles. The van der Waals surface area contributed by atoms with Crippen LogP contribution >= 0.6 is 0 Å². The molecule has 4 nitrogen and oxygen atoms in total. The Morgan fingerprint density at radius 1 is 1.22 bits per heavy atom. The molecule has 1 unspecified atom stereocenters. The molecule has 1 amide bonds. The van der Waals surface area contributed by atoms with Crippen molar-refractivity contribution >= 4 is 5.91 Å². The van der Waals surface area contributed by atoms with E-state index in [0.29, 0.717) is 5.56 Å². The predicted molar refractivity (Wildman–Crippen MR) is 107 cm³/mol. The van der Waals surface area contributed by atoms with Gasteiger partial charge in [-0.3, -0.25) is 4.79 Å². The zero-order valence-electron chi connectivity index (χ0n) is 15.7. The van der Waals surface area contributed by atoms with Gasteiger partial charge in [0, 0.05) is 17.0 Å². The fraction of sp³-hybridized carbons (Fsp3) is 0.261. The Kier molecular flexibility index (Phi) is 4.27. The summed E-state index contributed by atoms with van der Waals surface area (Å²) in [6.45, 7) is 4.08. The number of hydrogen-bond acceptors (Lipinski definition) is 2. The van der Waals surface area contributed by atoms with E-state index in [0.717, 1.165) is 41.8 Å². The summed E-state index contributed by atoms with van der Waals surface area (Å²) >= 11 is 0. The summed E-state index contributed by atoms with van der Waals surface area (Å²) in [6.07, 6.45) is 2.83. The van der Waals surface area contributed by atoms with E-state index in [1.54, 1.807) is 18.2 Å². The number of phenolic OH excluding ortho intramolecular Hbond substituents is 1. The molecule has 4 heteroatoms. The van der Waals surface area contributed by atoms with Crippen LogP contribution in [-0.4, -0.2) is 15.6 Å². The quantitative estimate of drug-likeness (QED) is 0.725. The van der Waals surface area contributed by atoms with Crippen LogP contribution in [0.15, 0.2) is 48.5 Å². The minimum atomic E-state index is -0.425. The van der Waals surface area contributed by atoms with Crippen LogP contribution in [0.4, 0.5) is 0 Å². The van der Waals surface area contributed by atoms with Crippen LogP contribution < -0.4 is 5.73 Å². The van der Waals surface area contributed by atoms with Crippen LogP contribution in [0.3, 0.4) is 0 Å². The topological polar surface area (TPSA) is 68.2 Å². The average Bonchev–Trinajstić information content (AvgIpc) is 3.19. The molecule has 1 aromatic heterocycles. The molecule has 0 fully saturated rings. The van der Waals surface area contributed by atoms with Crippen LogP contribution in [0.5, 0.6) is 5.75 Å². The molecule has 3 aromatic rings. The molecule has 0 radical (unpaired) electrons. The van der Waals surface area contributed by atoms with E-state index in [4.69, 9.17) is 5.73 Å². The van der Waals surface area contributed by atoms with Crippen molar-refractivity contribution in [3.8, 4) is 16.9 Å². The number of aromatic hydroxyl groups is 1. The number of nitrogens with zero attached hydrogens (tertiary/aromatic N) is 1. The third-order valence-electron chi connectivity index (χ3n) is 5.68. The number of primary amides is 1. The Morgan fingerprint density at radius 3 is 2.70 bits per heavy atom. The molecule has 1 aliphatic carbocycles. The predicted octanol–water partition coefficient (Wildman–Crippen LogP) is 4.37. The second-order valence-corrected chi connectivity index (χ2v) is 7.17. The highest BCUT2D eigenvalue weighted by atomic mass is 16.3. The average molecular weight is 360 g/mol. The zero-order chi connectivity index (χ0) is 19.1. The van der Waals surface area contributed by atoms with Gasteiger partial charge in [0.25, 0.3) is 5.91 Å². The van der Waals surface area contributed by atoms with Gasteiger partial charge in [0.15, 0.2) is 0 Å². The van der Waals surface area contributed by atoms with Crippen molar-refractivity contribution in [2.75, 3.05) is 0 Å². The first-order chi connectivity index (χ1) is 13.0. The van der Waals surface area contributed by atoms with Crippen molar-refractivity contribution in [2.45, 2.75) is 39.2 Å². The minimum absolute atomic E-state index is 0.182. The maximum absolute atomic E-state index is 12.4. The number of phenols is 1. The van der Waals surface area contributed by atoms with Crippen molar-refractivity contribution in [1.82, 2.24) is 4.57 Å². The van der Waals surface area contributed by atoms with Gasteiger partial charge < -0.3 is 15.4 Å². The normalized spacial score (nSPS) is 15.7. The summed E-state index contributed by atoms with van der Waals surface area (Å²) in [5.74, 6) is -0.243. The molecule has 138 valence electrons. The Bertz CT molecular complexity index is 1030. The molecule has 1 aliphatic rings. The maximum atomic E-state index is 12.4. The summed E-state index contributed by atoms with van der Waals surface area (Å²) in [5.41, 5.74) is 12.7. The lowest BCUT2D eigenvalue weighted by Gasteiger charge is -2.20. The standard InChI is InChI=1S/C23H24N2O2/c1-3-19-22(16-8-6-9-17(26)13-16)21(23(24)27)14(2)25(19)20-12-11-15-7-4-5-10-18(15)20/h4-10,13,20,26H,3,11-12H2,1-2H3,(H2,24,27). The van der Waals surface area contributed by atoms with Crippen molar-refractivity contribution in [3.63, 3.8) is 0 Å². The Labute approximate surface area is 159 Å². The summed E-state index contributed by atoms with van der Waals surface area (Å²) in [4.78, 5) is 12.4. The van der Waals surface area contributed by atoms with Gasteiger partial charge in [-0.1, -0.05) is 43.3 Å². The molecule has 0 aliphatic heterocycles. The van der Waals surface area contributed by atoms with Crippen LogP contribution in [0.2, 0.25) is 0 Å². The van der Waals surface area contributed by atoms with Crippen molar-refractivity contribution in [3.05, 3.63) is 76.6 Å². The first-order valence-electron chi connectivity index (χ1n) is 9.43. The van der Waals surface area contributed by atoms with Crippen LogP contribution in [0.25, 0.3) is 11.1 Å². The number of fused-ring (bicyclic) bond motifs is 1. The summed E-state index contributed by atoms with van der Waals surface area (Å²) in [6, 6.07) is 15.8. The van der Waals surface area contributed by atoms with Gasteiger partial charge in [-0.2, -0.15) is 0 Å². The molecule has 0 bridgehead atoms. The van der Waals surface area contributed by atoms with Gasteiger partial charge in [-0.15, -0.1) is 0 Å². The van der Waals surface area contributed by atoms with Crippen LogP contribution in [0.1, 0.15) is 52.3 Å². The highest BCUT2D eigenvalue weighted by molar-refractivity contribution is 6.02. The molecule has 27 heavy (non-hydrogen) atoms. The third-order valence-corrected chi connectivity index (χ3v) is 5.68. The van der Waals surface area contributed by atoms with Crippen LogP contribution in [0, 0.1) is 6.92 Å². The van der Waals surface area contributed by atoms with Gasteiger partial charge in [-0.25, -0.2) is 0 Å². The molecule has 0 saturated heterocycles. The van der Waals surface area contributed by atoms with Gasteiger partial charge >= 0.3 is 0 Å². The fourth-order valence-corrected chi connectivity index (χ4v) is 4.61. The largest absolute Gasteiger partial charge is 0.508 e. The molecule has 0 saturated carbocycles. The first kappa shape index (κ1) is 17.4. The molecule has 0 spiro atoms. The lowest BCUT2D eigenvalue weighted by Crippen LogP contribution is -2.15. The number of rotatable bonds is 4.